The number of para-hydroxylation sites is 4. The molecule has 0 amide bonds. The Balaban J connectivity index is 1.04. The second kappa shape index (κ2) is 15.2. The molecule has 15 aromatic rings. The largest absolute Gasteiger partial charge is 0.456 e. The molecule has 0 bridgehead atoms. The van der Waals surface area contributed by atoms with E-state index in [9.17, 15) is 0 Å². The topological polar surface area (TPSA) is 74.8 Å². The SMILES string of the molecule is Cc1cc(-n2c3ccc(-c4ccc5oc6ccccc6c5c4)cc3c3cc4c5ccccc5n(-c5ccccc5)c4cc32)c2oc3ccccc3c2c1-c1nc(-c2ccccc2)nc(-c2ccccc2)n1. The van der Waals surface area contributed by atoms with E-state index in [1.165, 1.54) is 10.8 Å². The molecule has 0 saturated carbocycles. The molecule has 0 saturated heterocycles. The lowest BCUT2D eigenvalue weighted by Gasteiger charge is -2.15. The molecule has 0 fully saturated rings. The van der Waals surface area contributed by atoms with Crippen LogP contribution in [0, 0.1) is 6.92 Å². The van der Waals surface area contributed by atoms with Crippen molar-refractivity contribution < 1.29 is 8.83 Å². The lowest BCUT2D eigenvalue weighted by molar-refractivity contribution is 0.666. The number of hydrogen-bond donors (Lipinski definition) is 0. The highest BCUT2D eigenvalue weighted by atomic mass is 16.3. The zero-order chi connectivity index (χ0) is 46.7. The molecule has 0 radical (unpaired) electrons. The molecule has 0 spiro atoms. The van der Waals surface area contributed by atoms with Crippen molar-refractivity contribution in [2.75, 3.05) is 0 Å². The molecule has 0 N–H and O–H groups in total. The maximum Gasteiger partial charge on any atom is 0.165 e. The summed E-state index contributed by atoms with van der Waals surface area (Å²) in [4.78, 5) is 15.6. The second-order valence-corrected chi connectivity index (χ2v) is 18.4. The predicted molar refractivity (Wildman–Crippen MR) is 290 cm³/mol. The Kier molecular flexibility index (Phi) is 8.44. The molecule has 0 aliphatic heterocycles. The van der Waals surface area contributed by atoms with E-state index in [-0.39, 0.29) is 0 Å². The van der Waals surface area contributed by atoms with E-state index in [2.05, 4.69) is 156 Å². The van der Waals surface area contributed by atoms with E-state index in [1.54, 1.807) is 0 Å². The Morgan fingerprint density at radius 3 is 1.59 bits per heavy atom. The van der Waals surface area contributed by atoms with Gasteiger partial charge in [0.1, 0.15) is 16.7 Å². The molecule has 0 aliphatic rings. The van der Waals surface area contributed by atoms with Crippen LogP contribution in [0.4, 0.5) is 0 Å². The lowest BCUT2D eigenvalue weighted by Crippen LogP contribution is -2.03. The van der Waals surface area contributed by atoms with E-state index >= 15 is 0 Å². The fraction of sp³-hybridized carbons (Fsp3) is 0.0156. The number of furan rings is 2. The minimum Gasteiger partial charge on any atom is -0.456 e. The van der Waals surface area contributed by atoms with E-state index in [0.717, 1.165) is 121 Å². The highest BCUT2D eigenvalue weighted by Crippen LogP contribution is 2.46. The van der Waals surface area contributed by atoms with E-state index in [4.69, 9.17) is 23.8 Å². The van der Waals surface area contributed by atoms with Crippen LogP contribution in [0.3, 0.4) is 0 Å². The fourth-order valence-corrected chi connectivity index (χ4v) is 11.1. The van der Waals surface area contributed by atoms with Crippen molar-refractivity contribution in [1.82, 2.24) is 24.1 Å². The van der Waals surface area contributed by atoms with Crippen LogP contribution in [0.1, 0.15) is 5.56 Å². The first-order valence-corrected chi connectivity index (χ1v) is 23.9. The third-order valence-electron chi connectivity index (χ3n) is 14.3. The highest BCUT2D eigenvalue weighted by molar-refractivity contribution is 6.21. The van der Waals surface area contributed by atoms with Gasteiger partial charge in [-0.2, -0.15) is 0 Å². The molecule has 0 aliphatic carbocycles. The third kappa shape index (κ3) is 6.00. The number of rotatable bonds is 6. The van der Waals surface area contributed by atoms with E-state index < -0.39 is 0 Å². The highest BCUT2D eigenvalue weighted by Gasteiger charge is 2.26. The Morgan fingerprint density at radius 1 is 0.338 bits per heavy atom. The van der Waals surface area contributed by atoms with Gasteiger partial charge in [0.2, 0.25) is 0 Å². The van der Waals surface area contributed by atoms with Crippen LogP contribution in [0.5, 0.6) is 0 Å². The standard InChI is InChI=1S/C64H39N5O2/c1-38-33-55(61-60(46-25-13-16-28-57(46)71-61)59(38)64-66-62(39-17-5-2-6-18-39)65-63(67-64)40-19-7-3-8-20-40)69-52-31-29-41(42-30-32-58-50(35-42)45-24-12-15-27-56(45)70-58)34-47(52)49-36-48-44-23-11-14-26-51(44)68(53(48)37-54(49)69)43-21-9-4-10-22-43/h2-37H,1H3. The van der Waals surface area contributed by atoms with Crippen molar-refractivity contribution in [3.05, 3.63) is 224 Å². The van der Waals surface area contributed by atoms with Gasteiger partial charge in [-0.05, 0) is 96.4 Å². The molecule has 7 heteroatoms. The van der Waals surface area contributed by atoms with Crippen molar-refractivity contribution in [2.45, 2.75) is 6.92 Å². The van der Waals surface area contributed by atoms with Crippen molar-refractivity contribution in [3.63, 3.8) is 0 Å². The first-order chi connectivity index (χ1) is 35.1. The maximum absolute atomic E-state index is 7.14. The zero-order valence-electron chi connectivity index (χ0n) is 38.3. The Morgan fingerprint density at radius 2 is 0.859 bits per heavy atom. The molecule has 0 atom stereocenters. The summed E-state index contributed by atoms with van der Waals surface area (Å²) in [6, 6.07) is 76.7. The molecule has 0 unspecified atom stereocenters. The minimum absolute atomic E-state index is 0.585. The van der Waals surface area contributed by atoms with Gasteiger partial charge < -0.3 is 18.0 Å². The van der Waals surface area contributed by atoms with Crippen molar-refractivity contribution >= 4 is 87.5 Å². The number of nitrogens with zero attached hydrogens (tertiary/aromatic N) is 5. The van der Waals surface area contributed by atoms with E-state index in [0.29, 0.717) is 17.5 Å². The second-order valence-electron chi connectivity index (χ2n) is 18.4. The van der Waals surface area contributed by atoms with Gasteiger partial charge in [-0.15, -0.1) is 0 Å². The van der Waals surface area contributed by atoms with Gasteiger partial charge in [-0.3, -0.25) is 0 Å². The van der Waals surface area contributed by atoms with E-state index in [1.807, 2.05) is 78.9 Å². The molecule has 332 valence electrons. The normalized spacial score (nSPS) is 12.0. The number of fused-ring (bicyclic) bond motifs is 12. The van der Waals surface area contributed by atoms with Gasteiger partial charge in [0.15, 0.2) is 23.1 Å². The van der Waals surface area contributed by atoms with Crippen LogP contribution >= 0.6 is 0 Å². The average Bonchev–Trinajstić information content (AvgIpc) is 4.18. The monoisotopic (exact) mass is 909 g/mol. The van der Waals surface area contributed by atoms with Crippen molar-refractivity contribution in [2.24, 2.45) is 0 Å². The van der Waals surface area contributed by atoms with Gasteiger partial charge in [-0.25, -0.2) is 15.0 Å². The number of hydrogen-bond acceptors (Lipinski definition) is 5. The fourth-order valence-electron chi connectivity index (χ4n) is 11.1. The summed E-state index contributed by atoms with van der Waals surface area (Å²) < 4.78 is 18.2. The van der Waals surface area contributed by atoms with Gasteiger partial charge in [0, 0.05) is 65.5 Å². The molecule has 71 heavy (non-hydrogen) atoms. The lowest BCUT2D eigenvalue weighted by atomic mass is 9.98. The van der Waals surface area contributed by atoms with Gasteiger partial charge in [0.25, 0.3) is 0 Å². The molecule has 10 aromatic carbocycles. The summed E-state index contributed by atoms with van der Waals surface area (Å²) in [6.45, 7) is 2.17. The maximum atomic E-state index is 7.14. The Bertz CT molecular complexity index is 4580. The van der Waals surface area contributed by atoms with Crippen LogP contribution < -0.4 is 0 Å². The first kappa shape index (κ1) is 39.4. The quantitative estimate of drug-likeness (QED) is 0.166. The van der Waals surface area contributed by atoms with Crippen LogP contribution in [-0.4, -0.2) is 24.1 Å². The smallest absolute Gasteiger partial charge is 0.165 e. The predicted octanol–water partition coefficient (Wildman–Crippen LogP) is 16.8. The summed E-state index contributed by atoms with van der Waals surface area (Å²) in [5.41, 5.74) is 15.7. The molecular weight excluding hydrogens is 871 g/mol. The summed E-state index contributed by atoms with van der Waals surface area (Å²) in [7, 11) is 0. The zero-order valence-corrected chi connectivity index (χ0v) is 38.3. The number of aromatic nitrogens is 5. The van der Waals surface area contributed by atoms with Gasteiger partial charge in [-0.1, -0.05) is 146 Å². The van der Waals surface area contributed by atoms with Crippen LogP contribution in [0.15, 0.2) is 227 Å². The minimum atomic E-state index is 0.585. The molecule has 5 aromatic heterocycles. The summed E-state index contributed by atoms with van der Waals surface area (Å²) >= 11 is 0. The first-order valence-electron chi connectivity index (χ1n) is 23.9. The average molecular weight is 910 g/mol. The molecule has 5 heterocycles. The number of benzene rings is 10. The summed E-state index contributed by atoms with van der Waals surface area (Å²) in [5.74, 6) is 1.80. The van der Waals surface area contributed by atoms with Crippen molar-refractivity contribution in [3.8, 4) is 56.7 Å². The van der Waals surface area contributed by atoms with Gasteiger partial charge >= 0.3 is 0 Å². The third-order valence-corrected chi connectivity index (χ3v) is 14.3. The molecule has 15 rings (SSSR count). The Labute approximate surface area is 406 Å². The Hall–Kier alpha value is -9.59. The van der Waals surface area contributed by atoms with Crippen LogP contribution in [0.2, 0.25) is 0 Å². The van der Waals surface area contributed by atoms with Gasteiger partial charge in [0.05, 0.1) is 27.8 Å². The molecule has 7 nitrogen and oxygen atoms in total. The van der Waals surface area contributed by atoms with Crippen LogP contribution in [-0.2, 0) is 0 Å². The van der Waals surface area contributed by atoms with Crippen molar-refractivity contribution in [1.29, 1.82) is 0 Å². The summed E-state index contributed by atoms with van der Waals surface area (Å²) in [5, 5.41) is 8.81. The van der Waals surface area contributed by atoms with Crippen LogP contribution in [0.25, 0.3) is 144 Å². The molecular formula is C64H39N5O2. The summed E-state index contributed by atoms with van der Waals surface area (Å²) in [6.07, 6.45) is 0. The number of aryl methyl sites for hydroxylation is 1.